The molecule has 2 aliphatic heterocycles. The monoisotopic (exact) mass is 226 g/mol. The number of carbonyl (C=O) groups excluding carboxylic acids is 1. The molecule has 0 bridgehead atoms. The summed E-state index contributed by atoms with van der Waals surface area (Å²) >= 11 is 0. The van der Waals surface area contributed by atoms with Crippen LogP contribution < -0.4 is 5.32 Å². The van der Waals surface area contributed by atoms with E-state index >= 15 is 0 Å². The molecule has 16 heavy (non-hydrogen) atoms. The van der Waals surface area contributed by atoms with Gasteiger partial charge in [-0.1, -0.05) is 0 Å². The number of piperidine rings is 1. The first-order chi connectivity index (χ1) is 7.77. The molecule has 92 valence electrons. The lowest BCUT2D eigenvalue weighted by atomic mass is 9.97. The van der Waals surface area contributed by atoms with Crippen LogP contribution in [0, 0.1) is 11.8 Å². The number of hydrogen-bond donors (Lipinski definition) is 1. The maximum Gasteiger partial charge on any atom is 0.226 e. The molecule has 1 N–H and O–H groups in total. The summed E-state index contributed by atoms with van der Waals surface area (Å²) in [6.07, 6.45) is 3.26. The second-order valence-corrected chi connectivity index (χ2v) is 4.99. The fourth-order valence-corrected chi connectivity index (χ4v) is 2.58. The van der Waals surface area contributed by atoms with Crippen LogP contribution in [0.2, 0.25) is 0 Å². The smallest absolute Gasteiger partial charge is 0.226 e. The van der Waals surface area contributed by atoms with Crippen LogP contribution in [0.4, 0.5) is 0 Å². The van der Waals surface area contributed by atoms with Crippen LogP contribution in [0.15, 0.2) is 0 Å². The summed E-state index contributed by atoms with van der Waals surface area (Å²) in [6.45, 7) is 4.45. The van der Waals surface area contributed by atoms with Crippen molar-refractivity contribution in [1.29, 1.82) is 0 Å². The van der Waals surface area contributed by atoms with Crippen LogP contribution in [-0.2, 0) is 9.53 Å². The van der Waals surface area contributed by atoms with Crippen LogP contribution in [-0.4, -0.2) is 50.7 Å². The molecule has 0 aliphatic carbocycles. The van der Waals surface area contributed by atoms with Gasteiger partial charge in [0, 0.05) is 32.7 Å². The van der Waals surface area contributed by atoms with Crippen molar-refractivity contribution in [3.8, 4) is 0 Å². The molecule has 2 fully saturated rings. The van der Waals surface area contributed by atoms with E-state index in [1.807, 2.05) is 11.9 Å². The summed E-state index contributed by atoms with van der Waals surface area (Å²) in [4.78, 5) is 14.0. The number of hydrogen-bond acceptors (Lipinski definition) is 3. The standard InChI is InChI=1S/C12H22N2O2/c1-14(8-10-4-6-16-9-10)12(15)11-3-2-5-13-7-11/h10-11,13H,2-9H2,1H3. The Morgan fingerprint density at radius 1 is 1.50 bits per heavy atom. The molecule has 2 atom stereocenters. The van der Waals surface area contributed by atoms with Crippen molar-refractivity contribution >= 4 is 5.91 Å². The Hall–Kier alpha value is -0.610. The summed E-state index contributed by atoms with van der Waals surface area (Å²) < 4.78 is 5.33. The van der Waals surface area contributed by atoms with E-state index in [4.69, 9.17) is 4.74 Å². The zero-order valence-corrected chi connectivity index (χ0v) is 10.1. The van der Waals surface area contributed by atoms with Gasteiger partial charge in [0.25, 0.3) is 0 Å². The third kappa shape index (κ3) is 2.95. The Bertz CT molecular complexity index is 233. The van der Waals surface area contributed by atoms with Gasteiger partial charge in [0.15, 0.2) is 0 Å². The van der Waals surface area contributed by atoms with Gasteiger partial charge < -0.3 is 15.0 Å². The first-order valence-corrected chi connectivity index (χ1v) is 6.31. The molecule has 4 heteroatoms. The molecular weight excluding hydrogens is 204 g/mol. The van der Waals surface area contributed by atoms with Gasteiger partial charge in [-0.05, 0) is 25.8 Å². The lowest BCUT2D eigenvalue weighted by Crippen LogP contribution is -2.43. The van der Waals surface area contributed by atoms with E-state index in [9.17, 15) is 4.79 Å². The normalized spacial score (nSPS) is 30.3. The third-order valence-corrected chi connectivity index (χ3v) is 3.58. The number of amides is 1. The van der Waals surface area contributed by atoms with Crippen LogP contribution in [0.1, 0.15) is 19.3 Å². The molecule has 0 saturated carbocycles. The van der Waals surface area contributed by atoms with Gasteiger partial charge in [-0.15, -0.1) is 0 Å². The van der Waals surface area contributed by atoms with Gasteiger partial charge in [-0.25, -0.2) is 0 Å². The minimum absolute atomic E-state index is 0.195. The zero-order chi connectivity index (χ0) is 11.4. The van der Waals surface area contributed by atoms with E-state index in [-0.39, 0.29) is 5.92 Å². The van der Waals surface area contributed by atoms with E-state index < -0.39 is 0 Å². The Balaban J connectivity index is 1.78. The molecular formula is C12H22N2O2. The van der Waals surface area contributed by atoms with Crippen molar-refractivity contribution in [2.24, 2.45) is 11.8 Å². The van der Waals surface area contributed by atoms with Crippen molar-refractivity contribution < 1.29 is 9.53 Å². The summed E-state index contributed by atoms with van der Waals surface area (Å²) in [5.74, 6) is 1.05. The quantitative estimate of drug-likeness (QED) is 0.761. The first kappa shape index (κ1) is 11.9. The van der Waals surface area contributed by atoms with Crippen LogP contribution in [0.25, 0.3) is 0 Å². The predicted molar refractivity (Wildman–Crippen MR) is 62.2 cm³/mol. The summed E-state index contributed by atoms with van der Waals surface area (Å²) in [5, 5.41) is 3.29. The van der Waals surface area contributed by atoms with Crippen molar-refractivity contribution in [2.75, 3.05) is 39.9 Å². The van der Waals surface area contributed by atoms with Crippen LogP contribution >= 0.6 is 0 Å². The van der Waals surface area contributed by atoms with E-state index in [0.29, 0.717) is 11.8 Å². The highest BCUT2D eigenvalue weighted by molar-refractivity contribution is 5.78. The second-order valence-electron chi connectivity index (χ2n) is 4.99. The lowest BCUT2D eigenvalue weighted by Gasteiger charge is -2.28. The van der Waals surface area contributed by atoms with E-state index in [0.717, 1.165) is 52.1 Å². The first-order valence-electron chi connectivity index (χ1n) is 6.31. The summed E-state index contributed by atoms with van der Waals surface area (Å²) in [6, 6.07) is 0. The fourth-order valence-electron chi connectivity index (χ4n) is 2.58. The molecule has 2 heterocycles. The third-order valence-electron chi connectivity index (χ3n) is 3.58. The van der Waals surface area contributed by atoms with Gasteiger partial charge in [0.05, 0.1) is 12.5 Å². The maximum atomic E-state index is 12.1. The molecule has 0 radical (unpaired) electrons. The Kier molecular flexibility index (Phi) is 4.18. The molecule has 2 aliphatic rings. The number of nitrogens with one attached hydrogen (secondary N) is 1. The molecule has 2 saturated heterocycles. The maximum absolute atomic E-state index is 12.1. The Labute approximate surface area is 97.3 Å². The van der Waals surface area contributed by atoms with Gasteiger partial charge in [0.1, 0.15) is 0 Å². The number of carbonyl (C=O) groups is 1. The van der Waals surface area contributed by atoms with Gasteiger partial charge >= 0.3 is 0 Å². The summed E-state index contributed by atoms with van der Waals surface area (Å²) in [7, 11) is 1.93. The topological polar surface area (TPSA) is 41.6 Å². The Morgan fingerprint density at radius 3 is 3.00 bits per heavy atom. The average molecular weight is 226 g/mol. The highest BCUT2D eigenvalue weighted by Gasteiger charge is 2.26. The zero-order valence-electron chi connectivity index (χ0n) is 10.1. The van der Waals surface area contributed by atoms with E-state index in [1.54, 1.807) is 0 Å². The largest absolute Gasteiger partial charge is 0.381 e. The molecule has 0 spiro atoms. The molecule has 0 aromatic carbocycles. The number of ether oxygens (including phenoxy) is 1. The van der Waals surface area contributed by atoms with Crippen molar-refractivity contribution in [1.82, 2.24) is 10.2 Å². The molecule has 2 rings (SSSR count). The fraction of sp³-hybridized carbons (Fsp3) is 0.917. The van der Waals surface area contributed by atoms with Crippen molar-refractivity contribution in [3.05, 3.63) is 0 Å². The highest BCUT2D eigenvalue weighted by Crippen LogP contribution is 2.17. The summed E-state index contributed by atoms with van der Waals surface area (Å²) in [5.41, 5.74) is 0. The Morgan fingerprint density at radius 2 is 2.38 bits per heavy atom. The van der Waals surface area contributed by atoms with Crippen molar-refractivity contribution in [3.63, 3.8) is 0 Å². The number of rotatable bonds is 3. The predicted octanol–water partition coefficient (Wildman–Crippen LogP) is 0.481. The minimum Gasteiger partial charge on any atom is -0.381 e. The SMILES string of the molecule is CN(CC1CCOC1)C(=O)C1CCCNC1. The average Bonchev–Trinajstić information content (AvgIpc) is 2.82. The van der Waals surface area contributed by atoms with E-state index in [1.165, 1.54) is 0 Å². The molecule has 1 amide bonds. The molecule has 4 nitrogen and oxygen atoms in total. The molecule has 2 unspecified atom stereocenters. The van der Waals surface area contributed by atoms with Crippen LogP contribution in [0.5, 0.6) is 0 Å². The van der Waals surface area contributed by atoms with E-state index in [2.05, 4.69) is 5.32 Å². The highest BCUT2D eigenvalue weighted by atomic mass is 16.5. The minimum atomic E-state index is 0.195. The van der Waals surface area contributed by atoms with Gasteiger partial charge in [-0.3, -0.25) is 4.79 Å². The van der Waals surface area contributed by atoms with Gasteiger partial charge in [-0.2, -0.15) is 0 Å². The van der Waals surface area contributed by atoms with Crippen LogP contribution in [0.3, 0.4) is 0 Å². The van der Waals surface area contributed by atoms with Gasteiger partial charge in [0.2, 0.25) is 5.91 Å². The number of nitrogens with zero attached hydrogens (tertiary/aromatic N) is 1. The lowest BCUT2D eigenvalue weighted by molar-refractivity contribution is -0.135. The molecule has 0 aromatic heterocycles. The molecule has 0 aromatic rings. The van der Waals surface area contributed by atoms with Crippen molar-refractivity contribution in [2.45, 2.75) is 19.3 Å². The second kappa shape index (κ2) is 5.64.